The van der Waals surface area contributed by atoms with Crippen molar-refractivity contribution in [3.63, 3.8) is 0 Å². The van der Waals surface area contributed by atoms with Crippen LogP contribution in [0.1, 0.15) is 45.6 Å². The van der Waals surface area contributed by atoms with Crippen LogP contribution in [-0.4, -0.2) is 15.9 Å². The molecule has 0 spiro atoms. The Morgan fingerprint density at radius 1 is 1.27 bits per heavy atom. The molecule has 0 unspecified atom stereocenters. The van der Waals surface area contributed by atoms with Gasteiger partial charge in [-0.15, -0.1) is 0 Å². The first-order valence-corrected chi connectivity index (χ1v) is 8.74. The maximum Gasteiger partial charge on any atom is 0.269 e. The molecule has 1 N–H and O–H groups in total. The van der Waals surface area contributed by atoms with Gasteiger partial charge in [0.15, 0.2) is 0 Å². The highest BCUT2D eigenvalue weighted by atomic mass is 32.1. The van der Waals surface area contributed by atoms with Gasteiger partial charge in [0.2, 0.25) is 5.91 Å². The third-order valence-electron chi connectivity index (χ3n) is 4.61. The van der Waals surface area contributed by atoms with Gasteiger partial charge in [-0.1, -0.05) is 30.6 Å². The molecule has 3 rings (SSSR count). The molecule has 1 fully saturated rings. The lowest BCUT2D eigenvalue weighted by Crippen LogP contribution is -2.41. The summed E-state index contributed by atoms with van der Waals surface area (Å²) in [6.07, 6.45) is 4.42. The van der Waals surface area contributed by atoms with Crippen molar-refractivity contribution in [2.24, 2.45) is 5.92 Å². The number of carbonyl (C=O) groups is 1. The number of carbonyl (C=O) groups excluding carboxylic acids is 1. The van der Waals surface area contributed by atoms with Gasteiger partial charge in [0.25, 0.3) is 5.56 Å². The molecule has 1 heterocycles. The van der Waals surface area contributed by atoms with Crippen molar-refractivity contribution in [3.8, 4) is 0 Å². The normalized spacial score (nSPS) is 23.4. The molecule has 0 radical (unpaired) electrons. The van der Waals surface area contributed by atoms with E-state index in [-0.39, 0.29) is 17.5 Å². The molecular formula is C17H22N2O2S. The zero-order chi connectivity index (χ0) is 15.7. The summed E-state index contributed by atoms with van der Waals surface area (Å²) in [4.78, 5) is 24.9. The van der Waals surface area contributed by atoms with Gasteiger partial charge in [-0.2, -0.15) is 0 Å². The number of hydrogen-bond donors (Lipinski definition) is 1. The molecule has 0 bridgehead atoms. The van der Waals surface area contributed by atoms with Gasteiger partial charge in [-0.05, 0) is 50.7 Å². The second-order valence-electron chi connectivity index (χ2n) is 6.36. The topological polar surface area (TPSA) is 51.1 Å². The number of aromatic nitrogens is 1. The highest BCUT2D eigenvalue weighted by molar-refractivity contribution is 7.14. The summed E-state index contributed by atoms with van der Waals surface area (Å²) in [5.74, 6) is 0.712. The first kappa shape index (κ1) is 15.3. The Kier molecular flexibility index (Phi) is 4.34. The van der Waals surface area contributed by atoms with E-state index in [1.54, 1.807) is 10.9 Å². The van der Waals surface area contributed by atoms with Crippen molar-refractivity contribution >= 4 is 27.5 Å². The first-order chi connectivity index (χ1) is 10.6. The largest absolute Gasteiger partial charge is 0.352 e. The number of amides is 1. The fourth-order valence-corrected chi connectivity index (χ4v) is 4.12. The fraction of sp³-hybridized carbons (Fsp3) is 0.529. The van der Waals surface area contributed by atoms with Crippen LogP contribution in [0.2, 0.25) is 0 Å². The third kappa shape index (κ3) is 2.95. The highest BCUT2D eigenvalue weighted by Gasteiger charge is 2.24. The van der Waals surface area contributed by atoms with Gasteiger partial charge in [-0.25, -0.2) is 0 Å². The lowest BCUT2D eigenvalue weighted by Gasteiger charge is -2.27. The minimum Gasteiger partial charge on any atom is -0.352 e. The molecule has 1 aliphatic rings. The molecule has 22 heavy (non-hydrogen) atoms. The Labute approximate surface area is 134 Å². The minimum absolute atomic E-state index is 0.0480. The van der Waals surface area contributed by atoms with Crippen LogP contribution in [0.5, 0.6) is 0 Å². The first-order valence-electron chi connectivity index (χ1n) is 7.97. The summed E-state index contributed by atoms with van der Waals surface area (Å²) >= 11 is 1.37. The van der Waals surface area contributed by atoms with Crippen LogP contribution >= 0.6 is 11.5 Å². The van der Waals surface area contributed by atoms with Gasteiger partial charge in [0, 0.05) is 6.04 Å². The maximum absolute atomic E-state index is 12.5. The summed E-state index contributed by atoms with van der Waals surface area (Å²) < 4.78 is 2.52. The Morgan fingerprint density at radius 2 is 1.95 bits per heavy atom. The molecule has 1 atom stereocenters. The van der Waals surface area contributed by atoms with E-state index in [0.29, 0.717) is 5.39 Å². The fourth-order valence-electron chi connectivity index (χ4n) is 3.08. The maximum atomic E-state index is 12.5. The van der Waals surface area contributed by atoms with Crippen molar-refractivity contribution in [1.29, 1.82) is 0 Å². The molecule has 1 aliphatic carbocycles. The zero-order valence-electron chi connectivity index (χ0n) is 13.0. The van der Waals surface area contributed by atoms with Crippen LogP contribution < -0.4 is 10.9 Å². The number of benzene rings is 1. The number of hydrogen-bond acceptors (Lipinski definition) is 3. The Morgan fingerprint density at radius 3 is 2.64 bits per heavy atom. The highest BCUT2D eigenvalue weighted by Crippen LogP contribution is 2.24. The number of nitrogens with one attached hydrogen (secondary N) is 1. The molecule has 0 saturated heterocycles. The molecular weight excluding hydrogens is 296 g/mol. The van der Waals surface area contributed by atoms with E-state index in [0.717, 1.165) is 23.5 Å². The van der Waals surface area contributed by atoms with Crippen molar-refractivity contribution in [2.75, 3.05) is 0 Å². The minimum atomic E-state index is -0.454. The number of nitrogens with zero attached hydrogens (tertiary/aromatic N) is 1. The molecule has 4 nitrogen and oxygen atoms in total. The van der Waals surface area contributed by atoms with Crippen molar-refractivity contribution < 1.29 is 4.79 Å². The summed E-state index contributed by atoms with van der Waals surface area (Å²) in [5.41, 5.74) is -0.0690. The molecule has 1 aromatic carbocycles. The average molecular weight is 318 g/mol. The van der Waals surface area contributed by atoms with E-state index in [2.05, 4.69) is 12.2 Å². The zero-order valence-corrected chi connectivity index (χ0v) is 13.9. The number of rotatable bonds is 3. The van der Waals surface area contributed by atoms with E-state index in [4.69, 9.17) is 0 Å². The summed E-state index contributed by atoms with van der Waals surface area (Å²) in [7, 11) is 0. The molecule has 1 amide bonds. The number of fused-ring (bicyclic) bond motifs is 1. The van der Waals surface area contributed by atoms with Gasteiger partial charge in [0.1, 0.15) is 6.04 Å². The predicted octanol–water partition coefficient (Wildman–Crippen LogP) is 3.32. The SMILES string of the molecule is CC1CCC(NC(=O)[C@@H](C)n2sc3ccccc3c2=O)CC1. The predicted molar refractivity (Wildman–Crippen MR) is 90.4 cm³/mol. The van der Waals surface area contributed by atoms with Gasteiger partial charge < -0.3 is 5.32 Å². The van der Waals surface area contributed by atoms with Crippen molar-refractivity contribution in [3.05, 3.63) is 34.6 Å². The Balaban J connectivity index is 1.74. The summed E-state index contributed by atoms with van der Waals surface area (Å²) in [6, 6.07) is 7.31. The molecule has 1 aromatic heterocycles. The van der Waals surface area contributed by atoms with Gasteiger partial charge >= 0.3 is 0 Å². The molecule has 118 valence electrons. The van der Waals surface area contributed by atoms with E-state index in [1.165, 1.54) is 24.4 Å². The monoisotopic (exact) mass is 318 g/mol. The lowest BCUT2D eigenvalue weighted by atomic mass is 9.87. The second kappa shape index (κ2) is 6.24. The van der Waals surface area contributed by atoms with Gasteiger partial charge in [-0.3, -0.25) is 13.5 Å². The van der Waals surface area contributed by atoms with Crippen molar-refractivity contribution in [2.45, 2.75) is 51.6 Å². The van der Waals surface area contributed by atoms with Crippen LogP contribution in [0.15, 0.2) is 29.1 Å². The molecule has 2 aromatic rings. The van der Waals surface area contributed by atoms with Crippen LogP contribution in [-0.2, 0) is 4.79 Å². The van der Waals surface area contributed by atoms with Crippen LogP contribution in [0.4, 0.5) is 0 Å². The van der Waals surface area contributed by atoms with E-state index >= 15 is 0 Å². The molecule has 0 aliphatic heterocycles. The van der Waals surface area contributed by atoms with E-state index < -0.39 is 6.04 Å². The van der Waals surface area contributed by atoms with E-state index in [9.17, 15) is 9.59 Å². The Hall–Kier alpha value is -1.62. The molecule has 5 heteroatoms. The van der Waals surface area contributed by atoms with Crippen LogP contribution in [0, 0.1) is 5.92 Å². The Bertz CT molecular complexity index is 726. The molecule has 1 saturated carbocycles. The van der Waals surface area contributed by atoms with Crippen LogP contribution in [0.25, 0.3) is 10.1 Å². The quantitative estimate of drug-likeness (QED) is 0.944. The van der Waals surface area contributed by atoms with Crippen LogP contribution in [0.3, 0.4) is 0 Å². The lowest BCUT2D eigenvalue weighted by molar-refractivity contribution is -0.124. The van der Waals surface area contributed by atoms with E-state index in [1.807, 2.05) is 24.3 Å². The third-order valence-corrected chi connectivity index (χ3v) is 5.84. The van der Waals surface area contributed by atoms with Crippen molar-refractivity contribution in [1.82, 2.24) is 9.27 Å². The summed E-state index contributed by atoms with van der Waals surface area (Å²) in [5, 5.41) is 3.81. The smallest absolute Gasteiger partial charge is 0.269 e. The second-order valence-corrected chi connectivity index (χ2v) is 7.38. The summed E-state index contributed by atoms with van der Waals surface area (Å²) in [6.45, 7) is 4.06. The standard InChI is InChI=1S/C17H22N2O2S/c1-11-7-9-13(10-8-11)18-16(20)12(2)19-17(21)14-5-3-4-6-15(14)22-19/h3-6,11-13H,7-10H2,1-2H3,(H,18,20)/t11?,12-,13?/m1/s1. The average Bonchev–Trinajstić information content (AvgIpc) is 2.86. The van der Waals surface area contributed by atoms with Gasteiger partial charge in [0.05, 0.1) is 10.1 Å².